The van der Waals surface area contributed by atoms with Gasteiger partial charge < -0.3 is 15.3 Å². The van der Waals surface area contributed by atoms with Crippen LogP contribution in [0.4, 0.5) is 4.79 Å². The molecule has 5 nitrogen and oxygen atoms in total. The average molecular weight is 318 g/mol. The van der Waals surface area contributed by atoms with Gasteiger partial charge in [0.05, 0.1) is 0 Å². The molecular formula is C18H26N2O3. The molecule has 0 bridgehead atoms. The number of carbonyl (C=O) groups is 2. The maximum Gasteiger partial charge on any atom is 0.317 e. The van der Waals surface area contributed by atoms with Crippen molar-refractivity contribution in [2.45, 2.75) is 39.2 Å². The van der Waals surface area contributed by atoms with E-state index in [1.807, 2.05) is 35.2 Å². The number of nitrogens with one attached hydrogen (secondary N) is 1. The van der Waals surface area contributed by atoms with E-state index in [1.54, 1.807) is 0 Å². The maximum atomic E-state index is 12.4. The van der Waals surface area contributed by atoms with Gasteiger partial charge in [-0.15, -0.1) is 0 Å². The van der Waals surface area contributed by atoms with Crippen LogP contribution < -0.4 is 5.32 Å². The standard InChI is InChI=1S/C18H26N2O3/c1-13-11-20(12-14(13)2)18(23)19-16(8-9-17(21)22)10-15-6-4-3-5-7-15/h3-7,13-14,16H,8-12H2,1-2H3,(H,19,23)(H,21,22). The summed E-state index contributed by atoms with van der Waals surface area (Å²) >= 11 is 0. The van der Waals surface area contributed by atoms with Gasteiger partial charge in [0.2, 0.25) is 0 Å². The Bertz CT molecular complexity index is 522. The molecule has 1 aromatic carbocycles. The fourth-order valence-corrected chi connectivity index (χ4v) is 2.98. The second kappa shape index (κ2) is 7.99. The van der Waals surface area contributed by atoms with Crippen LogP contribution in [0, 0.1) is 11.8 Å². The van der Waals surface area contributed by atoms with E-state index < -0.39 is 5.97 Å². The van der Waals surface area contributed by atoms with Crippen LogP contribution in [0.5, 0.6) is 0 Å². The molecule has 2 rings (SSSR count). The van der Waals surface area contributed by atoms with Crippen LogP contribution in [-0.2, 0) is 11.2 Å². The quantitative estimate of drug-likeness (QED) is 0.847. The second-order valence-corrected chi connectivity index (χ2v) is 6.63. The molecule has 0 saturated carbocycles. The number of amides is 2. The molecule has 0 spiro atoms. The summed E-state index contributed by atoms with van der Waals surface area (Å²) in [5.74, 6) is 0.181. The van der Waals surface area contributed by atoms with Gasteiger partial charge in [-0.05, 0) is 30.2 Å². The fourth-order valence-electron chi connectivity index (χ4n) is 2.98. The molecule has 2 amide bonds. The number of carboxylic acids is 1. The summed E-state index contributed by atoms with van der Waals surface area (Å²) in [6.07, 6.45) is 1.15. The highest BCUT2D eigenvalue weighted by molar-refractivity contribution is 5.75. The number of carboxylic acid groups (broad SMARTS) is 1. The van der Waals surface area contributed by atoms with E-state index in [0.29, 0.717) is 24.7 Å². The SMILES string of the molecule is CC1CN(C(=O)NC(CCC(=O)O)Cc2ccccc2)CC1C. The molecule has 1 saturated heterocycles. The summed E-state index contributed by atoms with van der Waals surface area (Å²) in [6.45, 7) is 5.85. The lowest BCUT2D eigenvalue weighted by molar-refractivity contribution is -0.137. The van der Waals surface area contributed by atoms with Crippen molar-refractivity contribution in [1.29, 1.82) is 0 Å². The molecule has 3 atom stereocenters. The zero-order chi connectivity index (χ0) is 16.8. The predicted molar refractivity (Wildman–Crippen MR) is 89.2 cm³/mol. The Hall–Kier alpha value is -2.04. The molecule has 3 unspecified atom stereocenters. The van der Waals surface area contributed by atoms with Gasteiger partial charge in [0.25, 0.3) is 0 Å². The number of aliphatic carboxylic acids is 1. The van der Waals surface area contributed by atoms with Crippen LogP contribution >= 0.6 is 0 Å². The minimum Gasteiger partial charge on any atom is -0.481 e. The van der Waals surface area contributed by atoms with E-state index in [9.17, 15) is 9.59 Å². The second-order valence-electron chi connectivity index (χ2n) is 6.63. The molecule has 5 heteroatoms. The lowest BCUT2D eigenvalue weighted by Gasteiger charge is -2.23. The van der Waals surface area contributed by atoms with Crippen LogP contribution in [-0.4, -0.2) is 41.1 Å². The van der Waals surface area contributed by atoms with E-state index in [0.717, 1.165) is 18.7 Å². The molecule has 0 aromatic heterocycles. The lowest BCUT2D eigenvalue weighted by atomic mass is 10.0. The monoisotopic (exact) mass is 318 g/mol. The average Bonchev–Trinajstić information content (AvgIpc) is 2.85. The Labute approximate surface area is 137 Å². The van der Waals surface area contributed by atoms with Crippen molar-refractivity contribution in [2.24, 2.45) is 11.8 Å². The first-order chi connectivity index (χ1) is 11.0. The number of urea groups is 1. The number of nitrogens with zero attached hydrogens (tertiary/aromatic N) is 1. The third-order valence-corrected chi connectivity index (χ3v) is 4.63. The minimum absolute atomic E-state index is 0.0601. The molecule has 1 aliphatic rings. The molecule has 23 heavy (non-hydrogen) atoms. The van der Waals surface area contributed by atoms with Gasteiger partial charge in [0.15, 0.2) is 0 Å². The van der Waals surface area contributed by atoms with Crippen LogP contribution in [0.3, 0.4) is 0 Å². The van der Waals surface area contributed by atoms with Crippen molar-refractivity contribution in [3.63, 3.8) is 0 Å². The molecule has 1 fully saturated rings. The number of rotatable bonds is 6. The van der Waals surface area contributed by atoms with Gasteiger partial charge in [-0.2, -0.15) is 0 Å². The van der Waals surface area contributed by atoms with Crippen LogP contribution in [0.15, 0.2) is 30.3 Å². The fraction of sp³-hybridized carbons (Fsp3) is 0.556. The van der Waals surface area contributed by atoms with Crippen molar-refractivity contribution < 1.29 is 14.7 Å². The van der Waals surface area contributed by atoms with E-state index in [1.165, 1.54) is 0 Å². The van der Waals surface area contributed by atoms with Crippen LogP contribution in [0.2, 0.25) is 0 Å². The first-order valence-electron chi connectivity index (χ1n) is 8.27. The molecule has 2 N–H and O–H groups in total. The lowest BCUT2D eigenvalue weighted by Crippen LogP contribution is -2.45. The van der Waals surface area contributed by atoms with Gasteiger partial charge >= 0.3 is 12.0 Å². The van der Waals surface area contributed by atoms with E-state index in [2.05, 4.69) is 19.2 Å². The highest BCUT2D eigenvalue weighted by Gasteiger charge is 2.30. The summed E-state index contributed by atoms with van der Waals surface area (Å²) in [7, 11) is 0. The van der Waals surface area contributed by atoms with Gasteiger partial charge in [-0.1, -0.05) is 44.2 Å². The summed E-state index contributed by atoms with van der Waals surface area (Å²) in [5.41, 5.74) is 1.10. The van der Waals surface area contributed by atoms with Crippen LogP contribution in [0.25, 0.3) is 0 Å². The van der Waals surface area contributed by atoms with Gasteiger partial charge in [0, 0.05) is 25.6 Å². The molecule has 126 valence electrons. The molecular weight excluding hydrogens is 292 g/mol. The summed E-state index contributed by atoms with van der Waals surface area (Å²) in [4.78, 5) is 25.2. The highest BCUT2D eigenvalue weighted by Crippen LogP contribution is 2.22. The first kappa shape index (κ1) is 17.3. The number of likely N-dealkylation sites (tertiary alicyclic amines) is 1. The maximum absolute atomic E-state index is 12.4. The Morgan fingerprint density at radius 3 is 2.39 bits per heavy atom. The molecule has 1 aromatic rings. The van der Waals surface area contributed by atoms with Crippen molar-refractivity contribution >= 4 is 12.0 Å². The third kappa shape index (κ3) is 5.27. The Kier molecular flexibility index (Phi) is 6.02. The molecule has 0 radical (unpaired) electrons. The van der Waals surface area contributed by atoms with Crippen molar-refractivity contribution in [3.05, 3.63) is 35.9 Å². The van der Waals surface area contributed by atoms with Gasteiger partial charge in [-0.25, -0.2) is 4.79 Å². The number of hydrogen-bond acceptors (Lipinski definition) is 2. The summed E-state index contributed by atoms with van der Waals surface area (Å²) in [5, 5.41) is 11.9. The van der Waals surface area contributed by atoms with Crippen molar-refractivity contribution in [3.8, 4) is 0 Å². The normalized spacial score (nSPS) is 21.9. The number of carbonyl (C=O) groups excluding carboxylic acids is 1. The molecule has 0 aliphatic carbocycles. The largest absolute Gasteiger partial charge is 0.481 e. The number of hydrogen-bond donors (Lipinski definition) is 2. The molecule has 1 heterocycles. The van der Waals surface area contributed by atoms with Crippen molar-refractivity contribution in [1.82, 2.24) is 10.2 Å². The van der Waals surface area contributed by atoms with E-state index in [-0.39, 0.29) is 18.5 Å². The topological polar surface area (TPSA) is 69.6 Å². The minimum atomic E-state index is -0.833. The highest BCUT2D eigenvalue weighted by atomic mass is 16.4. The Morgan fingerprint density at radius 2 is 1.83 bits per heavy atom. The van der Waals surface area contributed by atoms with E-state index in [4.69, 9.17) is 5.11 Å². The summed E-state index contributed by atoms with van der Waals surface area (Å²) in [6, 6.07) is 9.62. The smallest absolute Gasteiger partial charge is 0.317 e. The predicted octanol–water partition coefficient (Wildman–Crippen LogP) is 2.76. The number of benzene rings is 1. The zero-order valence-electron chi connectivity index (χ0n) is 13.9. The molecule has 1 aliphatic heterocycles. The Balaban J connectivity index is 1.96. The first-order valence-corrected chi connectivity index (χ1v) is 8.27. The summed E-state index contributed by atoms with van der Waals surface area (Å²) < 4.78 is 0. The van der Waals surface area contributed by atoms with Crippen LogP contribution in [0.1, 0.15) is 32.3 Å². The van der Waals surface area contributed by atoms with Crippen molar-refractivity contribution in [2.75, 3.05) is 13.1 Å². The van der Waals surface area contributed by atoms with Gasteiger partial charge in [0.1, 0.15) is 0 Å². The third-order valence-electron chi connectivity index (χ3n) is 4.63. The Morgan fingerprint density at radius 1 is 1.22 bits per heavy atom. The van der Waals surface area contributed by atoms with Gasteiger partial charge in [-0.3, -0.25) is 4.79 Å². The van der Waals surface area contributed by atoms with E-state index >= 15 is 0 Å². The zero-order valence-corrected chi connectivity index (χ0v) is 13.9.